The third-order valence-electron chi connectivity index (χ3n) is 2.80. The number of nitrogens with two attached hydrogens (primary N) is 1. The van der Waals surface area contributed by atoms with Crippen LogP contribution in [0.4, 0.5) is 5.82 Å². The Balaban J connectivity index is 2.56. The van der Waals surface area contributed by atoms with Crippen LogP contribution in [-0.4, -0.2) is 10.2 Å². The number of anilines is 1. The molecule has 0 aliphatic rings. The van der Waals surface area contributed by atoms with Crippen molar-refractivity contribution in [3.8, 4) is 11.3 Å². The summed E-state index contributed by atoms with van der Waals surface area (Å²) in [6.45, 7) is 6.30. The van der Waals surface area contributed by atoms with Crippen LogP contribution in [0.25, 0.3) is 11.3 Å². The van der Waals surface area contributed by atoms with Gasteiger partial charge < -0.3 is 5.73 Å². The Morgan fingerprint density at radius 2 is 1.56 bits per heavy atom. The number of benzene rings is 1. The average Bonchev–Trinajstić information content (AvgIpc) is 2.25. The van der Waals surface area contributed by atoms with Gasteiger partial charge in [0.25, 0.3) is 0 Å². The first-order chi connectivity index (χ1) is 7.58. The minimum Gasteiger partial charge on any atom is -0.382 e. The van der Waals surface area contributed by atoms with E-state index >= 15 is 0 Å². The average molecular weight is 213 g/mol. The molecule has 82 valence electrons. The minimum absolute atomic E-state index is 0.449. The largest absolute Gasteiger partial charge is 0.382 e. The molecule has 0 aliphatic heterocycles. The van der Waals surface area contributed by atoms with Crippen molar-refractivity contribution in [2.75, 3.05) is 5.73 Å². The number of rotatable bonds is 1. The highest BCUT2D eigenvalue weighted by Gasteiger charge is 2.06. The van der Waals surface area contributed by atoms with Crippen molar-refractivity contribution < 1.29 is 0 Å². The van der Waals surface area contributed by atoms with Gasteiger partial charge in [0.2, 0.25) is 0 Å². The van der Waals surface area contributed by atoms with Gasteiger partial charge in [0, 0.05) is 5.56 Å². The fourth-order valence-corrected chi connectivity index (χ4v) is 1.72. The van der Waals surface area contributed by atoms with Gasteiger partial charge in [-0.05, 0) is 55.7 Å². The van der Waals surface area contributed by atoms with E-state index in [1.54, 1.807) is 6.07 Å². The molecule has 2 rings (SSSR count). The molecule has 2 aromatic rings. The molecule has 0 amide bonds. The van der Waals surface area contributed by atoms with Crippen LogP contribution in [-0.2, 0) is 0 Å². The van der Waals surface area contributed by atoms with Crippen molar-refractivity contribution in [2.24, 2.45) is 0 Å². The van der Waals surface area contributed by atoms with Gasteiger partial charge in [-0.1, -0.05) is 6.07 Å². The molecule has 0 atom stereocenters. The van der Waals surface area contributed by atoms with Crippen LogP contribution >= 0.6 is 0 Å². The van der Waals surface area contributed by atoms with Crippen LogP contribution in [0.1, 0.15) is 16.7 Å². The van der Waals surface area contributed by atoms with E-state index in [-0.39, 0.29) is 0 Å². The van der Waals surface area contributed by atoms with Crippen LogP contribution in [0.2, 0.25) is 0 Å². The van der Waals surface area contributed by atoms with Crippen molar-refractivity contribution in [3.05, 3.63) is 41.0 Å². The summed E-state index contributed by atoms with van der Waals surface area (Å²) in [6.07, 6.45) is 0. The first-order valence-electron chi connectivity index (χ1n) is 5.25. The zero-order chi connectivity index (χ0) is 11.7. The highest BCUT2D eigenvalue weighted by Crippen LogP contribution is 2.24. The van der Waals surface area contributed by atoms with Crippen LogP contribution in [0.3, 0.4) is 0 Å². The van der Waals surface area contributed by atoms with Crippen LogP contribution < -0.4 is 5.73 Å². The Hall–Kier alpha value is -1.90. The van der Waals surface area contributed by atoms with Crippen LogP contribution in [0, 0.1) is 20.8 Å². The van der Waals surface area contributed by atoms with Crippen molar-refractivity contribution >= 4 is 5.82 Å². The molecule has 1 aromatic carbocycles. The number of aromatic nitrogens is 2. The summed E-state index contributed by atoms with van der Waals surface area (Å²) in [6, 6.07) is 7.99. The molecule has 3 heteroatoms. The van der Waals surface area contributed by atoms with Gasteiger partial charge >= 0.3 is 0 Å². The molecule has 0 radical (unpaired) electrons. The predicted octanol–water partition coefficient (Wildman–Crippen LogP) is 2.65. The van der Waals surface area contributed by atoms with Gasteiger partial charge in [0.05, 0.1) is 5.69 Å². The van der Waals surface area contributed by atoms with E-state index in [1.807, 2.05) is 6.07 Å². The molecule has 0 bridgehead atoms. The lowest BCUT2D eigenvalue weighted by Gasteiger charge is -2.08. The molecule has 1 heterocycles. The van der Waals surface area contributed by atoms with Gasteiger partial charge in [0.1, 0.15) is 5.82 Å². The third-order valence-corrected chi connectivity index (χ3v) is 2.80. The van der Waals surface area contributed by atoms with Gasteiger partial charge in [-0.3, -0.25) is 0 Å². The topological polar surface area (TPSA) is 51.8 Å². The van der Waals surface area contributed by atoms with Gasteiger partial charge in [-0.15, -0.1) is 10.2 Å². The van der Waals surface area contributed by atoms with Gasteiger partial charge in [0.15, 0.2) is 0 Å². The van der Waals surface area contributed by atoms with E-state index < -0.39 is 0 Å². The highest BCUT2D eigenvalue weighted by atomic mass is 15.1. The second-order valence-corrected chi connectivity index (χ2v) is 4.09. The minimum atomic E-state index is 0.449. The monoisotopic (exact) mass is 213 g/mol. The molecule has 0 aliphatic carbocycles. The highest BCUT2D eigenvalue weighted by molar-refractivity contribution is 5.65. The number of hydrogen-bond acceptors (Lipinski definition) is 3. The van der Waals surface area contributed by atoms with E-state index in [9.17, 15) is 0 Å². The molecular formula is C13H15N3. The summed E-state index contributed by atoms with van der Waals surface area (Å²) in [4.78, 5) is 0. The Labute approximate surface area is 95.3 Å². The number of hydrogen-bond donors (Lipinski definition) is 1. The number of aryl methyl sites for hydroxylation is 3. The Kier molecular flexibility index (Phi) is 2.60. The lowest BCUT2D eigenvalue weighted by atomic mass is 9.99. The maximum atomic E-state index is 5.52. The lowest BCUT2D eigenvalue weighted by Crippen LogP contribution is -1.96. The second-order valence-electron chi connectivity index (χ2n) is 4.09. The van der Waals surface area contributed by atoms with Crippen molar-refractivity contribution in [1.29, 1.82) is 0 Å². The van der Waals surface area contributed by atoms with E-state index in [2.05, 4.69) is 43.1 Å². The summed E-state index contributed by atoms with van der Waals surface area (Å²) >= 11 is 0. The molecule has 1 aromatic heterocycles. The molecular weight excluding hydrogens is 198 g/mol. The molecule has 16 heavy (non-hydrogen) atoms. The summed E-state index contributed by atoms with van der Waals surface area (Å²) in [5.74, 6) is 0.449. The third kappa shape index (κ3) is 1.89. The van der Waals surface area contributed by atoms with Gasteiger partial charge in [-0.2, -0.15) is 0 Å². The maximum Gasteiger partial charge on any atom is 0.146 e. The molecule has 2 N–H and O–H groups in total. The predicted molar refractivity (Wildman–Crippen MR) is 66.1 cm³/mol. The normalized spacial score (nSPS) is 10.4. The van der Waals surface area contributed by atoms with Crippen molar-refractivity contribution in [1.82, 2.24) is 10.2 Å². The number of nitrogen functional groups attached to an aromatic ring is 1. The quantitative estimate of drug-likeness (QED) is 0.792. The zero-order valence-corrected chi connectivity index (χ0v) is 9.78. The molecule has 0 spiro atoms. The fraction of sp³-hybridized carbons (Fsp3) is 0.231. The summed E-state index contributed by atoms with van der Waals surface area (Å²) < 4.78 is 0. The van der Waals surface area contributed by atoms with E-state index in [0.717, 1.165) is 11.3 Å². The molecule has 0 saturated heterocycles. The van der Waals surface area contributed by atoms with E-state index in [0.29, 0.717) is 5.82 Å². The van der Waals surface area contributed by atoms with Crippen molar-refractivity contribution in [2.45, 2.75) is 20.8 Å². The first kappa shape index (κ1) is 10.6. The van der Waals surface area contributed by atoms with E-state index in [4.69, 9.17) is 5.73 Å². The SMILES string of the molecule is Cc1cc(C)c(-c2ccc(N)nn2)cc1C. The Bertz CT molecular complexity index is 515. The number of nitrogens with zero attached hydrogens (tertiary/aromatic N) is 2. The molecule has 0 saturated carbocycles. The fourth-order valence-electron chi connectivity index (χ4n) is 1.72. The summed E-state index contributed by atoms with van der Waals surface area (Å²) in [7, 11) is 0. The van der Waals surface area contributed by atoms with Gasteiger partial charge in [-0.25, -0.2) is 0 Å². The summed E-state index contributed by atoms with van der Waals surface area (Å²) in [5.41, 5.74) is 11.3. The first-order valence-corrected chi connectivity index (χ1v) is 5.25. The smallest absolute Gasteiger partial charge is 0.146 e. The molecule has 0 unspecified atom stereocenters. The lowest BCUT2D eigenvalue weighted by molar-refractivity contribution is 1.05. The second kappa shape index (κ2) is 3.93. The van der Waals surface area contributed by atoms with E-state index in [1.165, 1.54) is 16.7 Å². The Morgan fingerprint density at radius 1 is 0.875 bits per heavy atom. The maximum absolute atomic E-state index is 5.52. The Morgan fingerprint density at radius 3 is 2.19 bits per heavy atom. The van der Waals surface area contributed by atoms with Crippen LogP contribution in [0.15, 0.2) is 24.3 Å². The van der Waals surface area contributed by atoms with Crippen molar-refractivity contribution in [3.63, 3.8) is 0 Å². The molecule has 3 nitrogen and oxygen atoms in total. The standard InChI is InChI=1S/C13H15N3/c1-8-6-10(3)11(7-9(8)2)12-4-5-13(14)16-15-12/h4-7H,1-3H3,(H2,14,16). The molecule has 0 fully saturated rings. The summed E-state index contributed by atoms with van der Waals surface area (Å²) in [5, 5.41) is 7.98. The van der Waals surface area contributed by atoms with Crippen LogP contribution in [0.5, 0.6) is 0 Å². The zero-order valence-electron chi connectivity index (χ0n) is 9.78.